The predicted octanol–water partition coefficient (Wildman–Crippen LogP) is 3.03. The summed E-state index contributed by atoms with van der Waals surface area (Å²) in [6.45, 7) is 3.71. The van der Waals surface area contributed by atoms with E-state index >= 15 is 0 Å². The SMILES string of the molecule is C=C1CCC(N2C(=O)c3ccc(NS(=O)(=O)c4ccc5ccccc5c4)cc3C2=O)C(=O)N1. The monoisotopic (exact) mass is 461 g/mol. The lowest BCUT2D eigenvalue weighted by Crippen LogP contribution is -2.51. The Morgan fingerprint density at radius 2 is 1.64 bits per heavy atom. The first-order chi connectivity index (χ1) is 15.7. The van der Waals surface area contributed by atoms with E-state index in [1.54, 1.807) is 12.1 Å². The summed E-state index contributed by atoms with van der Waals surface area (Å²) in [5.74, 6) is -1.67. The van der Waals surface area contributed by atoms with Crippen molar-refractivity contribution in [1.82, 2.24) is 10.2 Å². The summed E-state index contributed by atoms with van der Waals surface area (Å²) in [4.78, 5) is 39.2. The van der Waals surface area contributed by atoms with Gasteiger partial charge < -0.3 is 5.32 Å². The minimum Gasteiger partial charge on any atom is -0.329 e. The molecule has 0 aliphatic carbocycles. The Kier molecular flexibility index (Phi) is 4.79. The van der Waals surface area contributed by atoms with Crippen molar-refractivity contribution in [1.29, 1.82) is 0 Å². The highest BCUT2D eigenvalue weighted by Crippen LogP contribution is 2.31. The van der Waals surface area contributed by atoms with Gasteiger partial charge in [0, 0.05) is 11.4 Å². The number of hydrogen-bond donors (Lipinski definition) is 2. The zero-order valence-electron chi connectivity index (χ0n) is 17.4. The maximum Gasteiger partial charge on any atom is 0.262 e. The molecule has 166 valence electrons. The third kappa shape index (κ3) is 3.56. The molecule has 3 aromatic carbocycles. The van der Waals surface area contributed by atoms with Crippen LogP contribution in [-0.2, 0) is 14.8 Å². The molecule has 2 N–H and O–H groups in total. The lowest BCUT2D eigenvalue weighted by atomic mass is 10.0. The Hall–Kier alpha value is -3.98. The number of piperidine rings is 1. The van der Waals surface area contributed by atoms with E-state index in [-0.39, 0.29) is 28.1 Å². The second-order valence-corrected chi connectivity index (χ2v) is 9.68. The molecular formula is C24H19N3O5S. The number of hydrogen-bond acceptors (Lipinski definition) is 5. The van der Waals surface area contributed by atoms with Crippen molar-refractivity contribution in [2.24, 2.45) is 0 Å². The zero-order chi connectivity index (χ0) is 23.3. The van der Waals surface area contributed by atoms with E-state index in [4.69, 9.17) is 0 Å². The lowest BCUT2D eigenvalue weighted by Gasteiger charge is -2.29. The third-order valence-electron chi connectivity index (χ3n) is 5.84. The summed E-state index contributed by atoms with van der Waals surface area (Å²) in [6, 6.07) is 15.4. The first-order valence-electron chi connectivity index (χ1n) is 10.3. The number of carbonyl (C=O) groups excluding carboxylic acids is 3. The molecule has 0 spiro atoms. The Balaban J connectivity index is 1.43. The predicted molar refractivity (Wildman–Crippen MR) is 122 cm³/mol. The van der Waals surface area contributed by atoms with Crippen LogP contribution in [0.1, 0.15) is 33.6 Å². The number of carbonyl (C=O) groups is 3. The number of amides is 3. The van der Waals surface area contributed by atoms with Gasteiger partial charge in [-0.15, -0.1) is 0 Å². The second kappa shape index (κ2) is 7.56. The van der Waals surface area contributed by atoms with Gasteiger partial charge in [0.15, 0.2) is 0 Å². The Bertz CT molecular complexity index is 1480. The number of nitrogens with zero attached hydrogens (tertiary/aromatic N) is 1. The van der Waals surface area contributed by atoms with E-state index in [1.165, 1.54) is 24.3 Å². The molecule has 0 saturated carbocycles. The average Bonchev–Trinajstić information content (AvgIpc) is 3.03. The van der Waals surface area contributed by atoms with Gasteiger partial charge in [0.1, 0.15) is 6.04 Å². The Morgan fingerprint density at radius 1 is 0.909 bits per heavy atom. The van der Waals surface area contributed by atoms with Crippen molar-refractivity contribution in [3.8, 4) is 0 Å². The standard InChI is InChI=1S/C24H19N3O5S/c1-14-6-11-21(22(28)25-14)27-23(29)19-10-8-17(13-20(19)24(27)30)26-33(31,32)18-9-7-15-4-2-3-5-16(15)12-18/h2-5,7-10,12-13,21,26H,1,6,11H2,(H,25,28). The molecule has 5 rings (SSSR count). The van der Waals surface area contributed by atoms with Crippen LogP contribution in [0.25, 0.3) is 10.8 Å². The molecule has 0 aromatic heterocycles. The smallest absolute Gasteiger partial charge is 0.262 e. The topological polar surface area (TPSA) is 113 Å². The van der Waals surface area contributed by atoms with Crippen LogP contribution in [0.2, 0.25) is 0 Å². The zero-order valence-corrected chi connectivity index (χ0v) is 18.2. The van der Waals surface area contributed by atoms with Gasteiger partial charge in [-0.1, -0.05) is 36.9 Å². The van der Waals surface area contributed by atoms with E-state index in [9.17, 15) is 22.8 Å². The summed E-state index contributed by atoms with van der Waals surface area (Å²) < 4.78 is 28.4. The van der Waals surface area contributed by atoms with Gasteiger partial charge in [0.2, 0.25) is 5.91 Å². The van der Waals surface area contributed by atoms with Crippen molar-refractivity contribution >= 4 is 44.2 Å². The fourth-order valence-electron chi connectivity index (χ4n) is 4.16. The highest BCUT2D eigenvalue weighted by Gasteiger charge is 2.44. The molecule has 1 unspecified atom stereocenters. The van der Waals surface area contributed by atoms with Gasteiger partial charge in [-0.2, -0.15) is 0 Å². The summed E-state index contributed by atoms with van der Waals surface area (Å²) in [6.07, 6.45) is 0.748. The number of anilines is 1. The van der Waals surface area contributed by atoms with E-state index < -0.39 is 33.8 Å². The molecular weight excluding hydrogens is 442 g/mol. The van der Waals surface area contributed by atoms with Gasteiger partial charge >= 0.3 is 0 Å². The molecule has 1 saturated heterocycles. The van der Waals surface area contributed by atoms with Gasteiger partial charge in [-0.25, -0.2) is 8.42 Å². The van der Waals surface area contributed by atoms with Gasteiger partial charge in [0.05, 0.1) is 16.0 Å². The molecule has 1 atom stereocenters. The quantitative estimate of drug-likeness (QED) is 0.580. The lowest BCUT2D eigenvalue weighted by molar-refractivity contribution is -0.125. The summed E-state index contributed by atoms with van der Waals surface area (Å²) in [5, 5.41) is 4.26. The third-order valence-corrected chi connectivity index (χ3v) is 7.21. The van der Waals surface area contributed by atoms with Crippen molar-refractivity contribution < 1.29 is 22.8 Å². The van der Waals surface area contributed by atoms with E-state index in [2.05, 4.69) is 16.6 Å². The number of nitrogens with one attached hydrogen (secondary N) is 2. The van der Waals surface area contributed by atoms with Crippen LogP contribution in [0.4, 0.5) is 5.69 Å². The van der Waals surface area contributed by atoms with Crippen LogP contribution < -0.4 is 10.0 Å². The summed E-state index contributed by atoms with van der Waals surface area (Å²) in [7, 11) is -3.94. The number of fused-ring (bicyclic) bond motifs is 2. The van der Waals surface area contributed by atoms with Gasteiger partial charge in [-0.05, 0) is 53.9 Å². The highest BCUT2D eigenvalue weighted by molar-refractivity contribution is 7.92. The van der Waals surface area contributed by atoms with Crippen LogP contribution in [0.3, 0.4) is 0 Å². The molecule has 9 heteroatoms. The van der Waals surface area contributed by atoms with Crippen molar-refractivity contribution in [3.05, 3.63) is 84.1 Å². The molecule has 3 aromatic rings. The number of imide groups is 1. The number of allylic oxidation sites excluding steroid dienone is 1. The van der Waals surface area contributed by atoms with Gasteiger partial charge in [-0.3, -0.25) is 24.0 Å². The minimum absolute atomic E-state index is 0.0518. The molecule has 1 fully saturated rings. The molecule has 2 aliphatic heterocycles. The number of rotatable bonds is 4. The molecule has 33 heavy (non-hydrogen) atoms. The maximum atomic E-state index is 13.0. The van der Waals surface area contributed by atoms with Crippen LogP contribution >= 0.6 is 0 Å². The van der Waals surface area contributed by atoms with Gasteiger partial charge in [0.25, 0.3) is 21.8 Å². The molecule has 2 aliphatic rings. The van der Waals surface area contributed by atoms with Crippen molar-refractivity contribution in [2.45, 2.75) is 23.8 Å². The van der Waals surface area contributed by atoms with Crippen LogP contribution in [0.5, 0.6) is 0 Å². The highest BCUT2D eigenvalue weighted by atomic mass is 32.2. The fourth-order valence-corrected chi connectivity index (χ4v) is 5.25. The van der Waals surface area contributed by atoms with E-state index in [0.717, 1.165) is 15.7 Å². The first kappa shape index (κ1) is 20.9. The Morgan fingerprint density at radius 3 is 2.39 bits per heavy atom. The number of sulfonamides is 1. The summed E-state index contributed by atoms with van der Waals surface area (Å²) in [5.41, 5.74) is 0.867. The normalized spacial score (nSPS) is 18.4. The molecule has 3 amide bonds. The molecule has 2 heterocycles. The molecule has 0 bridgehead atoms. The van der Waals surface area contributed by atoms with Crippen LogP contribution in [0, 0.1) is 0 Å². The second-order valence-electron chi connectivity index (χ2n) is 8.00. The maximum absolute atomic E-state index is 13.0. The molecule has 0 radical (unpaired) electrons. The van der Waals surface area contributed by atoms with Crippen molar-refractivity contribution in [2.75, 3.05) is 4.72 Å². The minimum atomic E-state index is -3.94. The van der Waals surface area contributed by atoms with Crippen molar-refractivity contribution in [3.63, 3.8) is 0 Å². The fraction of sp³-hybridized carbons (Fsp3) is 0.125. The van der Waals surface area contributed by atoms with E-state index in [1.807, 2.05) is 24.3 Å². The average molecular weight is 461 g/mol. The number of benzene rings is 3. The summed E-state index contributed by atoms with van der Waals surface area (Å²) >= 11 is 0. The van der Waals surface area contributed by atoms with Crippen LogP contribution in [0.15, 0.2) is 77.8 Å². The largest absolute Gasteiger partial charge is 0.329 e. The first-order valence-corrected chi connectivity index (χ1v) is 11.7. The Labute approximate surface area is 189 Å². The van der Waals surface area contributed by atoms with E-state index in [0.29, 0.717) is 12.1 Å². The molecule has 8 nitrogen and oxygen atoms in total. The van der Waals surface area contributed by atoms with Crippen LogP contribution in [-0.4, -0.2) is 37.1 Å².